The van der Waals surface area contributed by atoms with E-state index in [4.69, 9.17) is 0 Å². The first-order valence-corrected chi connectivity index (χ1v) is 5.60. The molecule has 0 heterocycles. The summed E-state index contributed by atoms with van der Waals surface area (Å²) < 4.78 is 0. The van der Waals surface area contributed by atoms with Crippen molar-refractivity contribution in [1.29, 1.82) is 0 Å². The number of aliphatic hydroxyl groups excluding tert-OH is 1. The Balaban J connectivity index is 2.02. The lowest BCUT2D eigenvalue weighted by atomic mass is 9.93. The normalized spacial score (nSPS) is 29.5. The highest BCUT2D eigenvalue weighted by atomic mass is 16.3. The maximum absolute atomic E-state index is 9.31. The molecule has 13 heavy (non-hydrogen) atoms. The fourth-order valence-electron chi connectivity index (χ4n) is 1.86. The number of nitrogens with one attached hydrogen (secondary N) is 1. The average molecular weight is 185 g/mol. The third-order valence-corrected chi connectivity index (χ3v) is 2.85. The minimum atomic E-state index is -0.0249. The Bertz CT molecular complexity index is 128. The first-order valence-electron chi connectivity index (χ1n) is 5.60. The van der Waals surface area contributed by atoms with Crippen LogP contribution in [0.1, 0.15) is 46.0 Å². The van der Waals surface area contributed by atoms with E-state index in [0.717, 1.165) is 38.1 Å². The van der Waals surface area contributed by atoms with Crippen LogP contribution in [-0.4, -0.2) is 23.8 Å². The van der Waals surface area contributed by atoms with Gasteiger partial charge >= 0.3 is 0 Å². The Morgan fingerprint density at radius 3 is 2.38 bits per heavy atom. The molecular weight excluding hydrogens is 162 g/mol. The van der Waals surface area contributed by atoms with Gasteiger partial charge in [-0.25, -0.2) is 0 Å². The van der Waals surface area contributed by atoms with E-state index in [2.05, 4.69) is 19.2 Å². The molecule has 1 aliphatic carbocycles. The summed E-state index contributed by atoms with van der Waals surface area (Å²) in [6.45, 7) is 5.65. The maximum Gasteiger partial charge on any atom is 0.0541 e. The number of aliphatic hydroxyl groups is 1. The van der Waals surface area contributed by atoms with Crippen LogP contribution in [-0.2, 0) is 0 Å². The van der Waals surface area contributed by atoms with Crippen molar-refractivity contribution in [2.45, 2.75) is 58.1 Å². The molecule has 0 amide bonds. The first kappa shape index (κ1) is 11.0. The van der Waals surface area contributed by atoms with E-state index in [9.17, 15) is 5.11 Å². The van der Waals surface area contributed by atoms with Gasteiger partial charge in [0.15, 0.2) is 0 Å². The Kier molecular flexibility index (Phi) is 4.74. The van der Waals surface area contributed by atoms with Crippen LogP contribution in [0.2, 0.25) is 0 Å². The molecule has 1 fully saturated rings. The van der Waals surface area contributed by atoms with Crippen molar-refractivity contribution in [3.63, 3.8) is 0 Å². The molecule has 0 radical (unpaired) electrons. The van der Waals surface area contributed by atoms with E-state index in [1.54, 1.807) is 0 Å². The summed E-state index contributed by atoms with van der Waals surface area (Å²) in [7, 11) is 0. The quantitative estimate of drug-likeness (QED) is 0.701. The van der Waals surface area contributed by atoms with Gasteiger partial charge in [-0.05, 0) is 44.6 Å². The molecule has 0 aromatic heterocycles. The Hall–Kier alpha value is -0.0800. The fraction of sp³-hybridized carbons (Fsp3) is 1.00. The molecule has 2 nitrogen and oxygen atoms in total. The lowest BCUT2D eigenvalue weighted by molar-refractivity contribution is 0.116. The van der Waals surface area contributed by atoms with Gasteiger partial charge in [0, 0.05) is 6.04 Å². The molecule has 0 aromatic carbocycles. The molecule has 2 heteroatoms. The molecule has 0 atom stereocenters. The zero-order valence-corrected chi connectivity index (χ0v) is 8.92. The smallest absolute Gasteiger partial charge is 0.0541 e. The van der Waals surface area contributed by atoms with E-state index >= 15 is 0 Å². The molecule has 0 spiro atoms. The van der Waals surface area contributed by atoms with Gasteiger partial charge in [0.2, 0.25) is 0 Å². The molecule has 1 rings (SSSR count). The topological polar surface area (TPSA) is 32.3 Å². The van der Waals surface area contributed by atoms with Crippen LogP contribution in [0, 0.1) is 5.92 Å². The van der Waals surface area contributed by atoms with Gasteiger partial charge in [0.25, 0.3) is 0 Å². The second-order valence-electron chi connectivity index (χ2n) is 4.64. The van der Waals surface area contributed by atoms with Crippen molar-refractivity contribution in [1.82, 2.24) is 5.32 Å². The summed E-state index contributed by atoms with van der Waals surface area (Å²) in [6, 6.07) is 0.669. The first-order chi connectivity index (χ1) is 6.18. The molecule has 0 aliphatic heterocycles. The predicted molar refractivity (Wildman–Crippen MR) is 55.7 cm³/mol. The summed E-state index contributed by atoms with van der Waals surface area (Å²) in [6.07, 6.45) is 5.51. The SMILES string of the molecule is CC(C)CCNC1CCC(O)CC1. The molecule has 1 aliphatic rings. The summed E-state index contributed by atoms with van der Waals surface area (Å²) in [4.78, 5) is 0. The third-order valence-electron chi connectivity index (χ3n) is 2.85. The third kappa shape index (κ3) is 4.63. The molecule has 2 N–H and O–H groups in total. The summed E-state index contributed by atoms with van der Waals surface area (Å²) in [5.74, 6) is 0.793. The van der Waals surface area contributed by atoms with Crippen molar-refractivity contribution in [3.8, 4) is 0 Å². The largest absolute Gasteiger partial charge is 0.393 e. The van der Waals surface area contributed by atoms with Gasteiger partial charge in [-0.15, -0.1) is 0 Å². The Morgan fingerprint density at radius 2 is 1.85 bits per heavy atom. The van der Waals surface area contributed by atoms with Crippen molar-refractivity contribution < 1.29 is 5.11 Å². The second kappa shape index (κ2) is 5.61. The van der Waals surface area contributed by atoms with Crippen LogP contribution in [0.5, 0.6) is 0 Å². The van der Waals surface area contributed by atoms with Crippen LogP contribution >= 0.6 is 0 Å². The molecule has 1 saturated carbocycles. The molecule has 0 saturated heterocycles. The summed E-state index contributed by atoms with van der Waals surface area (Å²) >= 11 is 0. The van der Waals surface area contributed by atoms with Crippen LogP contribution in [0.15, 0.2) is 0 Å². The zero-order chi connectivity index (χ0) is 9.68. The average Bonchev–Trinajstić information content (AvgIpc) is 2.08. The lowest BCUT2D eigenvalue weighted by Crippen LogP contribution is -2.35. The minimum Gasteiger partial charge on any atom is -0.393 e. The van der Waals surface area contributed by atoms with E-state index in [0.29, 0.717) is 6.04 Å². The number of hydrogen-bond donors (Lipinski definition) is 2. The van der Waals surface area contributed by atoms with Gasteiger partial charge in [-0.1, -0.05) is 13.8 Å². The summed E-state index contributed by atoms with van der Waals surface area (Å²) in [5, 5.41) is 12.9. The fourth-order valence-corrected chi connectivity index (χ4v) is 1.86. The minimum absolute atomic E-state index is 0.0249. The van der Waals surface area contributed by atoms with Gasteiger partial charge in [0.1, 0.15) is 0 Å². The summed E-state index contributed by atoms with van der Waals surface area (Å²) in [5.41, 5.74) is 0. The maximum atomic E-state index is 9.31. The van der Waals surface area contributed by atoms with Crippen LogP contribution in [0.3, 0.4) is 0 Å². The van der Waals surface area contributed by atoms with Crippen LogP contribution < -0.4 is 5.32 Å². The monoisotopic (exact) mass is 185 g/mol. The highest BCUT2D eigenvalue weighted by molar-refractivity contribution is 4.76. The zero-order valence-electron chi connectivity index (χ0n) is 8.92. The Labute approximate surface area is 81.7 Å². The molecular formula is C11H23NO. The van der Waals surface area contributed by atoms with Crippen LogP contribution in [0.25, 0.3) is 0 Å². The van der Waals surface area contributed by atoms with E-state index in [-0.39, 0.29) is 6.10 Å². The van der Waals surface area contributed by atoms with Crippen LogP contribution in [0.4, 0.5) is 0 Å². The van der Waals surface area contributed by atoms with E-state index in [1.165, 1.54) is 6.42 Å². The lowest BCUT2D eigenvalue weighted by Gasteiger charge is -2.26. The number of rotatable bonds is 4. The van der Waals surface area contributed by atoms with Gasteiger partial charge in [-0.3, -0.25) is 0 Å². The van der Waals surface area contributed by atoms with E-state index in [1.807, 2.05) is 0 Å². The standard InChI is InChI=1S/C11H23NO/c1-9(2)7-8-12-10-3-5-11(13)6-4-10/h9-13H,3-8H2,1-2H3. The van der Waals surface area contributed by atoms with Crippen molar-refractivity contribution in [2.24, 2.45) is 5.92 Å². The highest BCUT2D eigenvalue weighted by Gasteiger charge is 2.18. The van der Waals surface area contributed by atoms with Crippen molar-refractivity contribution >= 4 is 0 Å². The van der Waals surface area contributed by atoms with E-state index < -0.39 is 0 Å². The van der Waals surface area contributed by atoms with Crippen molar-refractivity contribution in [3.05, 3.63) is 0 Å². The second-order valence-corrected chi connectivity index (χ2v) is 4.64. The highest BCUT2D eigenvalue weighted by Crippen LogP contribution is 2.18. The molecule has 0 unspecified atom stereocenters. The number of hydrogen-bond acceptors (Lipinski definition) is 2. The predicted octanol–water partition coefficient (Wildman–Crippen LogP) is 1.93. The van der Waals surface area contributed by atoms with Crippen molar-refractivity contribution in [2.75, 3.05) is 6.54 Å². The van der Waals surface area contributed by atoms with Gasteiger partial charge in [0.05, 0.1) is 6.10 Å². The Morgan fingerprint density at radius 1 is 1.23 bits per heavy atom. The molecule has 78 valence electrons. The molecule has 0 bridgehead atoms. The molecule has 0 aromatic rings. The van der Waals surface area contributed by atoms with Gasteiger partial charge in [-0.2, -0.15) is 0 Å². The van der Waals surface area contributed by atoms with Gasteiger partial charge < -0.3 is 10.4 Å².